The number of aryl methyl sites for hydroxylation is 2. The summed E-state index contributed by atoms with van der Waals surface area (Å²) in [4.78, 5) is 4.42. The molecule has 0 unspecified atom stereocenters. The van der Waals surface area contributed by atoms with Gasteiger partial charge in [-0.1, -0.05) is 0 Å². The lowest BCUT2D eigenvalue weighted by Gasteiger charge is -2.20. The van der Waals surface area contributed by atoms with Gasteiger partial charge in [-0.15, -0.1) is 0 Å². The lowest BCUT2D eigenvalue weighted by Crippen LogP contribution is -2.36. The molecule has 2 aromatic rings. The van der Waals surface area contributed by atoms with Crippen LogP contribution in [0.25, 0.3) is 0 Å². The SMILES string of the molecule is Cc1cc(Cn2ccnc2CNC(C)(C)C)n(C)n1. The molecule has 0 bridgehead atoms. The van der Waals surface area contributed by atoms with Crippen LogP contribution >= 0.6 is 0 Å². The van der Waals surface area contributed by atoms with Crippen molar-refractivity contribution in [3.63, 3.8) is 0 Å². The van der Waals surface area contributed by atoms with Crippen LogP contribution < -0.4 is 5.32 Å². The van der Waals surface area contributed by atoms with E-state index in [2.05, 4.69) is 46.8 Å². The van der Waals surface area contributed by atoms with E-state index in [0.717, 1.165) is 24.6 Å². The van der Waals surface area contributed by atoms with Crippen molar-refractivity contribution in [3.8, 4) is 0 Å². The second-order valence-electron chi connectivity index (χ2n) is 5.98. The van der Waals surface area contributed by atoms with Crippen molar-refractivity contribution in [2.24, 2.45) is 7.05 Å². The van der Waals surface area contributed by atoms with Crippen molar-refractivity contribution in [1.29, 1.82) is 0 Å². The minimum atomic E-state index is 0.0971. The number of nitrogens with one attached hydrogen (secondary N) is 1. The summed E-state index contributed by atoms with van der Waals surface area (Å²) in [6, 6.07) is 2.11. The van der Waals surface area contributed by atoms with E-state index in [-0.39, 0.29) is 5.54 Å². The van der Waals surface area contributed by atoms with Crippen LogP contribution in [0.3, 0.4) is 0 Å². The van der Waals surface area contributed by atoms with Crippen LogP contribution in [0.1, 0.15) is 38.0 Å². The Hall–Kier alpha value is -1.62. The van der Waals surface area contributed by atoms with Gasteiger partial charge in [0.1, 0.15) is 5.82 Å². The van der Waals surface area contributed by atoms with E-state index in [1.165, 1.54) is 5.69 Å². The molecule has 0 amide bonds. The van der Waals surface area contributed by atoms with Crippen LogP contribution in [0.15, 0.2) is 18.5 Å². The van der Waals surface area contributed by atoms with Crippen molar-refractivity contribution in [1.82, 2.24) is 24.6 Å². The maximum Gasteiger partial charge on any atom is 0.123 e. The van der Waals surface area contributed by atoms with Crippen molar-refractivity contribution in [2.45, 2.75) is 46.3 Å². The summed E-state index contributed by atoms with van der Waals surface area (Å²) >= 11 is 0. The second-order valence-corrected chi connectivity index (χ2v) is 5.98. The number of hydrogen-bond acceptors (Lipinski definition) is 3. The lowest BCUT2D eigenvalue weighted by atomic mass is 10.1. The summed E-state index contributed by atoms with van der Waals surface area (Å²) in [6.45, 7) is 10.1. The lowest BCUT2D eigenvalue weighted by molar-refractivity contribution is 0.412. The van der Waals surface area contributed by atoms with Crippen LogP contribution in [0, 0.1) is 6.92 Å². The molecular weight excluding hydrogens is 238 g/mol. The predicted octanol–water partition coefficient (Wildman–Crippen LogP) is 1.86. The largest absolute Gasteiger partial charge is 0.328 e. The molecule has 0 radical (unpaired) electrons. The first kappa shape index (κ1) is 13.8. The molecule has 2 heterocycles. The molecule has 0 aliphatic rings. The van der Waals surface area contributed by atoms with Crippen molar-refractivity contribution < 1.29 is 0 Å². The molecule has 1 N–H and O–H groups in total. The van der Waals surface area contributed by atoms with Crippen LogP contribution in [0.5, 0.6) is 0 Å². The highest BCUT2D eigenvalue weighted by atomic mass is 15.3. The van der Waals surface area contributed by atoms with E-state index in [1.807, 2.05) is 31.0 Å². The maximum atomic E-state index is 4.42. The first-order valence-electron chi connectivity index (χ1n) is 6.60. The van der Waals surface area contributed by atoms with Gasteiger partial charge in [0, 0.05) is 25.0 Å². The summed E-state index contributed by atoms with van der Waals surface area (Å²) in [5.41, 5.74) is 2.33. The van der Waals surface area contributed by atoms with Crippen molar-refractivity contribution in [2.75, 3.05) is 0 Å². The fraction of sp³-hybridized carbons (Fsp3) is 0.571. The maximum absolute atomic E-state index is 4.42. The Kier molecular flexibility index (Phi) is 3.75. The van der Waals surface area contributed by atoms with Gasteiger partial charge in [-0.2, -0.15) is 5.10 Å². The minimum absolute atomic E-state index is 0.0971. The Balaban J connectivity index is 2.09. The van der Waals surface area contributed by atoms with Gasteiger partial charge in [-0.05, 0) is 33.8 Å². The Morgan fingerprint density at radius 3 is 2.63 bits per heavy atom. The summed E-state index contributed by atoms with van der Waals surface area (Å²) < 4.78 is 4.09. The first-order valence-corrected chi connectivity index (χ1v) is 6.60. The zero-order chi connectivity index (χ0) is 14.0. The second kappa shape index (κ2) is 5.17. The topological polar surface area (TPSA) is 47.7 Å². The van der Waals surface area contributed by atoms with Gasteiger partial charge in [0.2, 0.25) is 0 Å². The van der Waals surface area contributed by atoms with Gasteiger partial charge in [-0.25, -0.2) is 4.98 Å². The molecule has 0 fully saturated rings. The number of nitrogens with zero attached hydrogens (tertiary/aromatic N) is 4. The minimum Gasteiger partial charge on any atom is -0.328 e. The highest BCUT2D eigenvalue weighted by molar-refractivity contribution is 5.10. The van der Waals surface area contributed by atoms with E-state index in [4.69, 9.17) is 0 Å². The van der Waals surface area contributed by atoms with Crippen LogP contribution in [0.4, 0.5) is 0 Å². The summed E-state index contributed by atoms with van der Waals surface area (Å²) in [5, 5.41) is 7.84. The molecule has 0 atom stereocenters. The highest BCUT2D eigenvalue weighted by Crippen LogP contribution is 2.08. The third-order valence-corrected chi connectivity index (χ3v) is 3.01. The van der Waals surface area contributed by atoms with Gasteiger partial charge in [0.05, 0.1) is 24.5 Å². The molecular formula is C14H23N5. The first-order chi connectivity index (χ1) is 8.85. The zero-order valence-electron chi connectivity index (χ0n) is 12.4. The number of hydrogen-bond donors (Lipinski definition) is 1. The number of aromatic nitrogens is 4. The molecule has 5 nitrogen and oxygen atoms in total. The zero-order valence-corrected chi connectivity index (χ0v) is 12.4. The van der Waals surface area contributed by atoms with E-state index >= 15 is 0 Å². The number of imidazole rings is 1. The monoisotopic (exact) mass is 261 g/mol. The Labute approximate surface area is 114 Å². The summed E-state index contributed by atoms with van der Waals surface area (Å²) in [6.07, 6.45) is 3.87. The molecule has 0 aliphatic heterocycles. The van der Waals surface area contributed by atoms with Gasteiger partial charge < -0.3 is 9.88 Å². The van der Waals surface area contributed by atoms with Crippen LogP contribution in [-0.4, -0.2) is 24.9 Å². The molecule has 0 aliphatic carbocycles. The molecule has 0 aromatic carbocycles. The molecule has 2 rings (SSSR count). The molecule has 0 saturated heterocycles. The average Bonchev–Trinajstić information content (AvgIpc) is 2.83. The van der Waals surface area contributed by atoms with Crippen molar-refractivity contribution >= 4 is 0 Å². The Morgan fingerprint density at radius 1 is 1.32 bits per heavy atom. The molecule has 2 aromatic heterocycles. The Bertz CT molecular complexity index is 544. The summed E-state index contributed by atoms with van der Waals surface area (Å²) in [5.74, 6) is 1.05. The standard InChI is InChI=1S/C14H23N5/c1-11-8-12(18(5)17-11)10-19-7-6-15-13(19)9-16-14(2,3)4/h6-8,16H,9-10H2,1-5H3. The van der Waals surface area contributed by atoms with E-state index in [0.29, 0.717) is 0 Å². The predicted molar refractivity (Wildman–Crippen MR) is 75.9 cm³/mol. The van der Waals surface area contributed by atoms with Crippen LogP contribution in [0.2, 0.25) is 0 Å². The molecule has 19 heavy (non-hydrogen) atoms. The van der Waals surface area contributed by atoms with E-state index < -0.39 is 0 Å². The highest BCUT2D eigenvalue weighted by Gasteiger charge is 2.12. The van der Waals surface area contributed by atoms with Gasteiger partial charge in [0.25, 0.3) is 0 Å². The number of rotatable bonds is 4. The third kappa shape index (κ3) is 3.67. The quantitative estimate of drug-likeness (QED) is 0.914. The van der Waals surface area contributed by atoms with Crippen LogP contribution in [-0.2, 0) is 20.1 Å². The third-order valence-electron chi connectivity index (χ3n) is 3.01. The van der Waals surface area contributed by atoms with Gasteiger partial charge >= 0.3 is 0 Å². The van der Waals surface area contributed by atoms with E-state index in [1.54, 1.807) is 0 Å². The smallest absolute Gasteiger partial charge is 0.123 e. The van der Waals surface area contributed by atoms with Gasteiger partial charge in [-0.3, -0.25) is 4.68 Å². The molecule has 0 spiro atoms. The molecule has 0 saturated carbocycles. The fourth-order valence-electron chi connectivity index (χ4n) is 1.98. The Morgan fingerprint density at radius 2 is 2.05 bits per heavy atom. The van der Waals surface area contributed by atoms with Gasteiger partial charge in [0.15, 0.2) is 0 Å². The van der Waals surface area contributed by atoms with E-state index in [9.17, 15) is 0 Å². The average molecular weight is 261 g/mol. The fourth-order valence-corrected chi connectivity index (χ4v) is 1.98. The molecule has 5 heteroatoms. The summed E-state index contributed by atoms with van der Waals surface area (Å²) in [7, 11) is 1.98. The van der Waals surface area contributed by atoms with Crippen molar-refractivity contribution in [3.05, 3.63) is 35.7 Å². The molecule has 104 valence electrons. The normalized spacial score (nSPS) is 12.1.